The van der Waals surface area contributed by atoms with Crippen LogP contribution in [0, 0.1) is 29.5 Å². The van der Waals surface area contributed by atoms with Crippen LogP contribution < -0.4 is 5.32 Å². The first-order chi connectivity index (χ1) is 12.2. The van der Waals surface area contributed by atoms with Crippen LogP contribution in [0.3, 0.4) is 0 Å². The second-order valence-corrected chi connectivity index (χ2v) is 8.42. The van der Waals surface area contributed by atoms with Gasteiger partial charge in [0.05, 0.1) is 0 Å². The van der Waals surface area contributed by atoms with Crippen LogP contribution in [0.1, 0.15) is 18.4 Å². The molecule has 0 spiro atoms. The number of hydrogen-bond donors (Lipinski definition) is 1. The first kappa shape index (κ1) is 15.8. The van der Waals surface area contributed by atoms with Gasteiger partial charge < -0.3 is 10.2 Å². The van der Waals surface area contributed by atoms with Crippen molar-refractivity contribution in [1.29, 1.82) is 0 Å². The Hall–Kier alpha value is -1.46. The predicted molar refractivity (Wildman–Crippen MR) is 93.2 cm³/mol. The molecule has 1 amide bonds. The smallest absolute Gasteiger partial charge is 0.226 e. The summed E-state index contributed by atoms with van der Waals surface area (Å²) in [6.07, 6.45) is 2.37. The van der Waals surface area contributed by atoms with Crippen molar-refractivity contribution in [1.82, 2.24) is 15.1 Å². The second kappa shape index (κ2) is 6.06. The highest BCUT2D eigenvalue weighted by molar-refractivity contribution is 5.83. The topological polar surface area (TPSA) is 35.6 Å². The molecule has 1 N–H and O–H groups in total. The molecule has 1 aromatic rings. The Morgan fingerprint density at radius 2 is 1.84 bits per heavy atom. The zero-order valence-electron chi connectivity index (χ0n) is 14.5. The van der Waals surface area contributed by atoms with Gasteiger partial charge >= 0.3 is 0 Å². The third-order valence-electron chi connectivity index (χ3n) is 6.77. The van der Waals surface area contributed by atoms with Crippen LogP contribution in [0.25, 0.3) is 0 Å². The van der Waals surface area contributed by atoms with E-state index in [-0.39, 0.29) is 5.82 Å². The van der Waals surface area contributed by atoms with Crippen LogP contribution in [0.4, 0.5) is 4.39 Å². The lowest BCUT2D eigenvalue weighted by Gasteiger charge is -2.36. The van der Waals surface area contributed by atoms with Gasteiger partial charge in [-0.3, -0.25) is 9.69 Å². The van der Waals surface area contributed by atoms with Gasteiger partial charge in [-0.1, -0.05) is 12.1 Å². The summed E-state index contributed by atoms with van der Waals surface area (Å²) in [6.45, 7) is 5.86. The Labute approximate surface area is 148 Å². The SMILES string of the molecule is O=C(C1[C@H]2CNC[C@@H]12)N1C[C@@H]2CC[C@H]1CN(Cc1ccc(F)cc1)C2. The fraction of sp³-hybridized carbons (Fsp3) is 0.650. The van der Waals surface area contributed by atoms with Gasteiger partial charge in [0.2, 0.25) is 5.91 Å². The fourth-order valence-corrected chi connectivity index (χ4v) is 5.40. The molecule has 0 radical (unpaired) electrons. The number of hydrogen-bond acceptors (Lipinski definition) is 3. The summed E-state index contributed by atoms with van der Waals surface area (Å²) >= 11 is 0. The average Bonchev–Trinajstić information content (AvgIpc) is 3.23. The lowest BCUT2D eigenvalue weighted by Crippen LogP contribution is -2.48. The number of carbonyl (C=O) groups excluding carboxylic acids is 1. The van der Waals surface area contributed by atoms with Gasteiger partial charge in [-0.05, 0) is 61.4 Å². The van der Waals surface area contributed by atoms with Gasteiger partial charge in [0.25, 0.3) is 0 Å². The number of piperidine rings is 2. The van der Waals surface area contributed by atoms with Gasteiger partial charge in [0, 0.05) is 38.1 Å². The number of halogens is 1. The Morgan fingerprint density at radius 3 is 2.60 bits per heavy atom. The van der Waals surface area contributed by atoms with Gasteiger partial charge in [-0.2, -0.15) is 0 Å². The van der Waals surface area contributed by atoms with E-state index in [4.69, 9.17) is 0 Å². The third-order valence-corrected chi connectivity index (χ3v) is 6.77. The monoisotopic (exact) mass is 343 g/mol. The minimum atomic E-state index is -0.180. The van der Waals surface area contributed by atoms with Gasteiger partial charge in [-0.15, -0.1) is 0 Å². The minimum absolute atomic E-state index is 0.180. The Kier molecular flexibility index (Phi) is 3.82. The molecule has 1 unspecified atom stereocenters. The van der Waals surface area contributed by atoms with Crippen molar-refractivity contribution >= 4 is 5.91 Å². The van der Waals surface area contributed by atoms with Crippen molar-refractivity contribution in [3.63, 3.8) is 0 Å². The van der Waals surface area contributed by atoms with E-state index in [9.17, 15) is 9.18 Å². The molecule has 1 saturated carbocycles. The molecule has 1 aromatic carbocycles. The minimum Gasteiger partial charge on any atom is -0.338 e. The first-order valence-electron chi connectivity index (χ1n) is 9.67. The lowest BCUT2D eigenvalue weighted by atomic mass is 9.94. The van der Waals surface area contributed by atoms with E-state index in [2.05, 4.69) is 15.1 Å². The van der Waals surface area contributed by atoms with Crippen molar-refractivity contribution in [2.75, 3.05) is 32.7 Å². The maximum Gasteiger partial charge on any atom is 0.226 e. The fourth-order valence-electron chi connectivity index (χ4n) is 5.40. The van der Waals surface area contributed by atoms with Crippen LogP contribution >= 0.6 is 0 Å². The molecular weight excluding hydrogens is 317 g/mol. The van der Waals surface area contributed by atoms with Crippen molar-refractivity contribution in [2.45, 2.75) is 25.4 Å². The summed E-state index contributed by atoms with van der Waals surface area (Å²) in [5.41, 5.74) is 1.16. The van der Waals surface area contributed by atoms with E-state index in [0.29, 0.717) is 35.6 Å². The molecule has 5 heteroatoms. The highest BCUT2D eigenvalue weighted by Gasteiger charge is 2.58. The molecule has 5 atom stereocenters. The molecule has 25 heavy (non-hydrogen) atoms. The highest BCUT2D eigenvalue weighted by Crippen LogP contribution is 2.50. The molecule has 4 heterocycles. The Bertz CT molecular complexity index is 653. The first-order valence-corrected chi connectivity index (χ1v) is 9.67. The average molecular weight is 343 g/mol. The Morgan fingerprint density at radius 1 is 1.08 bits per heavy atom. The van der Waals surface area contributed by atoms with Crippen LogP contribution in [0.2, 0.25) is 0 Å². The van der Waals surface area contributed by atoms with Crippen molar-refractivity contribution in [3.8, 4) is 0 Å². The molecular formula is C20H26FN3O. The molecule has 134 valence electrons. The van der Waals surface area contributed by atoms with Crippen LogP contribution in [-0.2, 0) is 11.3 Å². The molecule has 4 nitrogen and oxygen atoms in total. The molecule has 5 fully saturated rings. The van der Waals surface area contributed by atoms with Crippen molar-refractivity contribution < 1.29 is 9.18 Å². The van der Waals surface area contributed by atoms with Gasteiger partial charge in [0.1, 0.15) is 5.82 Å². The summed E-state index contributed by atoms with van der Waals surface area (Å²) in [4.78, 5) is 17.8. The van der Waals surface area contributed by atoms with E-state index >= 15 is 0 Å². The number of benzene rings is 1. The second-order valence-electron chi connectivity index (χ2n) is 8.42. The number of nitrogens with one attached hydrogen (secondary N) is 1. The zero-order valence-corrected chi connectivity index (χ0v) is 14.5. The summed E-state index contributed by atoms with van der Waals surface area (Å²) in [6, 6.07) is 7.20. The highest BCUT2D eigenvalue weighted by atomic mass is 19.1. The molecule has 0 aromatic heterocycles. The number of carbonyl (C=O) groups is 1. The zero-order chi connectivity index (χ0) is 17.0. The lowest BCUT2D eigenvalue weighted by molar-refractivity contribution is -0.137. The standard InChI is InChI=1S/C20H26FN3O/c21-15-4-1-13(2-5-15)9-23-10-14-3-6-16(12-23)24(11-14)20(25)19-17-7-22-8-18(17)19/h1-2,4-5,14,16-19,22H,3,6-12H2/t14-,16+,17-,18+,19?/m1/s1. The quantitative estimate of drug-likeness (QED) is 0.908. The van der Waals surface area contributed by atoms with E-state index in [1.165, 1.54) is 18.6 Å². The van der Waals surface area contributed by atoms with Crippen LogP contribution in [0.5, 0.6) is 0 Å². The molecule has 1 aliphatic carbocycles. The third kappa shape index (κ3) is 2.87. The van der Waals surface area contributed by atoms with Crippen molar-refractivity contribution in [2.24, 2.45) is 23.7 Å². The van der Waals surface area contributed by atoms with E-state index < -0.39 is 0 Å². The number of fused-ring (bicyclic) bond motifs is 5. The summed E-state index contributed by atoms with van der Waals surface area (Å²) in [5.74, 6) is 2.33. The van der Waals surface area contributed by atoms with Crippen molar-refractivity contribution in [3.05, 3.63) is 35.6 Å². The molecule has 2 bridgehead atoms. The van der Waals surface area contributed by atoms with E-state index in [1.54, 1.807) is 0 Å². The Balaban J connectivity index is 1.27. The molecule has 4 aliphatic heterocycles. The molecule has 4 saturated heterocycles. The van der Waals surface area contributed by atoms with E-state index in [0.717, 1.165) is 51.3 Å². The number of nitrogens with zero attached hydrogens (tertiary/aromatic N) is 2. The van der Waals surface area contributed by atoms with Gasteiger partial charge in [0.15, 0.2) is 0 Å². The largest absolute Gasteiger partial charge is 0.338 e. The molecule has 5 aliphatic rings. The summed E-state index contributed by atoms with van der Waals surface area (Å²) < 4.78 is 13.1. The predicted octanol–water partition coefficient (Wildman–Crippen LogP) is 1.71. The number of amides is 1. The van der Waals surface area contributed by atoms with Crippen LogP contribution in [0.15, 0.2) is 24.3 Å². The van der Waals surface area contributed by atoms with Crippen LogP contribution in [-0.4, -0.2) is 54.5 Å². The molecule has 6 rings (SSSR count). The van der Waals surface area contributed by atoms with Gasteiger partial charge in [-0.25, -0.2) is 4.39 Å². The maximum absolute atomic E-state index is 13.1. The van der Waals surface area contributed by atoms with E-state index in [1.807, 2.05) is 12.1 Å². The maximum atomic E-state index is 13.1. The normalized spacial score (nSPS) is 37.0. The number of rotatable bonds is 3. The summed E-state index contributed by atoms with van der Waals surface area (Å²) in [5, 5.41) is 3.39. The summed E-state index contributed by atoms with van der Waals surface area (Å²) in [7, 11) is 0.